The quantitative estimate of drug-likeness (QED) is 0.802. The lowest BCUT2D eigenvalue weighted by Gasteiger charge is -2.38. The second-order valence-electron chi connectivity index (χ2n) is 8.22. The first-order valence-electron chi connectivity index (χ1n) is 10.3. The van der Waals surface area contributed by atoms with E-state index in [1.807, 2.05) is 18.2 Å². The van der Waals surface area contributed by atoms with Crippen molar-refractivity contribution in [3.63, 3.8) is 0 Å². The van der Waals surface area contributed by atoms with Crippen LogP contribution >= 0.6 is 0 Å². The number of fused-ring (bicyclic) bond motifs is 1. The van der Waals surface area contributed by atoms with Crippen LogP contribution in [-0.4, -0.2) is 49.8 Å². The second kappa shape index (κ2) is 6.95. The predicted molar refractivity (Wildman–Crippen MR) is 102 cm³/mol. The van der Waals surface area contributed by atoms with Gasteiger partial charge in [0.05, 0.1) is 11.7 Å². The van der Waals surface area contributed by atoms with Gasteiger partial charge in [-0.25, -0.2) is 0 Å². The largest absolute Gasteiger partial charge is 0.486 e. The molecule has 3 fully saturated rings. The Morgan fingerprint density at radius 1 is 1.14 bits per heavy atom. The number of hydrogen-bond donors (Lipinski definition) is 1. The second-order valence-corrected chi connectivity index (χ2v) is 8.22. The lowest BCUT2D eigenvalue weighted by molar-refractivity contribution is -0.133. The first-order chi connectivity index (χ1) is 13.6. The summed E-state index contributed by atoms with van der Waals surface area (Å²) >= 11 is 0. The summed E-state index contributed by atoms with van der Waals surface area (Å²) in [6.07, 6.45) is 6.21. The molecule has 1 N–H and O–H groups in total. The molecule has 7 heteroatoms. The molecule has 3 heterocycles. The molecule has 3 aliphatic heterocycles. The number of nitrogens with one attached hydrogen (secondary N) is 1. The van der Waals surface area contributed by atoms with Crippen molar-refractivity contribution in [3.05, 3.63) is 18.2 Å². The third-order valence-electron chi connectivity index (χ3n) is 6.47. The zero-order valence-corrected chi connectivity index (χ0v) is 15.9. The monoisotopic (exact) mass is 386 g/mol. The van der Waals surface area contributed by atoms with Crippen LogP contribution in [0.4, 0.5) is 5.69 Å². The Labute approximate surface area is 164 Å². The molecule has 1 aliphatic carbocycles. The van der Waals surface area contributed by atoms with Gasteiger partial charge in [-0.15, -0.1) is 0 Å². The van der Waals surface area contributed by atoms with Gasteiger partial charge in [-0.1, -0.05) is 0 Å². The van der Waals surface area contributed by atoms with Crippen molar-refractivity contribution in [1.82, 2.24) is 5.32 Å². The van der Waals surface area contributed by atoms with Gasteiger partial charge in [0.2, 0.25) is 11.8 Å². The number of hydrogen-bond acceptors (Lipinski definition) is 5. The molecular formula is C21H26N2O5. The minimum absolute atomic E-state index is 0.0784. The van der Waals surface area contributed by atoms with Crippen LogP contribution in [0.25, 0.3) is 0 Å². The summed E-state index contributed by atoms with van der Waals surface area (Å²) in [6.45, 7) is 2.05. The maximum absolute atomic E-state index is 12.8. The number of nitrogens with zero attached hydrogens (tertiary/aromatic N) is 1. The van der Waals surface area contributed by atoms with Gasteiger partial charge >= 0.3 is 0 Å². The summed E-state index contributed by atoms with van der Waals surface area (Å²) in [5, 5.41) is 2.95. The van der Waals surface area contributed by atoms with Crippen LogP contribution in [0.15, 0.2) is 18.2 Å². The van der Waals surface area contributed by atoms with Gasteiger partial charge in [-0.05, 0) is 50.7 Å². The number of carbonyl (C=O) groups excluding carboxylic acids is 2. The van der Waals surface area contributed by atoms with Crippen LogP contribution in [0.2, 0.25) is 0 Å². The smallest absolute Gasteiger partial charge is 0.239 e. The fourth-order valence-corrected chi connectivity index (χ4v) is 4.70. The molecule has 0 aromatic heterocycles. The van der Waals surface area contributed by atoms with E-state index < -0.39 is 5.92 Å². The Hall–Kier alpha value is -2.28. The molecule has 1 saturated carbocycles. The molecule has 0 radical (unpaired) electrons. The van der Waals surface area contributed by atoms with E-state index in [4.69, 9.17) is 14.2 Å². The molecule has 2 unspecified atom stereocenters. The number of benzene rings is 1. The predicted octanol–water partition coefficient (Wildman–Crippen LogP) is 2.03. The van der Waals surface area contributed by atoms with Crippen molar-refractivity contribution in [2.75, 3.05) is 31.2 Å². The summed E-state index contributed by atoms with van der Waals surface area (Å²) in [4.78, 5) is 27.1. The first-order valence-corrected chi connectivity index (χ1v) is 10.3. The summed E-state index contributed by atoms with van der Waals surface area (Å²) in [5.74, 6) is 0.358. The molecule has 0 bridgehead atoms. The topological polar surface area (TPSA) is 77.1 Å². The molecular weight excluding hydrogens is 360 g/mol. The van der Waals surface area contributed by atoms with Gasteiger partial charge in [0.25, 0.3) is 0 Å². The Kier molecular flexibility index (Phi) is 4.42. The molecule has 2 saturated heterocycles. The van der Waals surface area contributed by atoms with E-state index in [-0.39, 0.29) is 23.5 Å². The highest BCUT2D eigenvalue weighted by Gasteiger charge is 2.45. The summed E-state index contributed by atoms with van der Waals surface area (Å²) in [7, 11) is 0. The average Bonchev–Trinajstić information content (AvgIpc) is 3.30. The van der Waals surface area contributed by atoms with E-state index in [0.717, 1.165) is 31.4 Å². The lowest BCUT2D eigenvalue weighted by Crippen LogP contribution is -2.42. The van der Waals surface area contributed by atoms with Crippen LogP contribution in [-0.2, 0) is 14.3 Å². The maximum Gasteiger partial charge on any atom is 0.239 e. The van der Waals surface area contributed by atoms with Gasteiger partial charge in [0, 0.05) is 24.8 Å². The third-order valence-corrected chi connectivity index (χ3v) is 6.47. The number of ether oxygens (including phenoxy) is 3. The number of carbonyl (C=O) groups is 2. The minimum Gasteiger partial charge on any atom is -0.486 e. The molecule has 7 nitrogen and oxygen atoms in total. The molecule has 2 amide bonds. The average molecular weight is 386 g/mol. The molecule has 2 atom stereocenters. The number of anilines is 1. The maximum atomic E-state index is 12.8. The van der Waals surface area contributed by atoms with Crippen molar-refractivity contribution in [2.45, 2.75) is 50.2 Å². The van der Waals surface area contributed by atoms with Gasteiger partial charge in [0.15, 0.2) is 11.5 Å². The molecule has 1 spiro atoms. The highest BCUT2D eigenvalue weighted by Crippen LogP contribution is 2.45. The Bertz CT molecular complexity index is 791. The van der Waals surface area contributed by atoms with Crippen LogP contribution in [0.1, 0.15) is 38.5 Å². The van der Waals surface area contributed by atoms with E-state index in [0.29, 0.717) is 44.2 Å². The van der Waals surface area contributed by atoms with E-state index in [2.05, 4.69) is 5.32 Å². The summed E-state index contributed by atoms with van der Waals surface area (Å²) in [6, 6.07) is 5.48. The van der Waals surface area contributed by atoms with E-state index in [1.165, 1.54) is 6.42 Å². The zero-order chi connectivity index (χ0) is 19.1. The van der Waals surface area contributed by atoms with Gasteiger partial charge in [-0.3, -0.25) is 9.59 Å². The molecule has 28 heavy (non-hydrogen) atoms. The molecule has 150 valence electrons. The van der Waals surface area contributed by atoms with Gasteiger partial charge < -0.3 is 24.4 Å². The Morgan fingerprint density at radius 3 is 2.71 bits per heavy atom. The SMILES string of the molecule is O=C(NCC1CCC2(CCC2)O1)C1CCN(c2ccc3c(c2)OCCO3)C1=O. The Balaban J connectivity index is 1.18. The first kappa shape index (κ1) is 17.8. The summed E-state index contributed by atoms with van der Waals surface area (Å²) < 4.78 is 17.3. The number of rotatable bonds is 4. The van der Waals surface area contributed by atoms with Crippen molar-refractivity contribution in [1.29, 1.82) is 0 Å². The van der Waals surface area contributed by atoms with E-state index in [1.54, 1.807) is 4.90 Å². The van der Waals surface area contributed by atoms with Crippen LogP contribution in [0.3, 0.4) is 0 Å². The fourth-order valence-electron chi connectivity index (χ4n) is 4.70. The van der Waals surface area contributed by atoms with E-state index >= 15 is 0 Å². The van der Waals surface area contributed by atoms with Crippen LogP contribution < -0.4 is 19.7 Å². The molecule has 5 rings (SSSR count). The fraction of sp³-hybridized carbons (Fsp3) is 0.619. The van der Waals surface area contributed by atoms with Crippen molar-refractivity contribution in [2.24, 2.45) is 5.92 Å². The third kappa shape index (κ3) is 3.11. The molecule has 4 aliphatic rings. The highest BCUT2D eigenvalue weighted by atomic mass is 16.6. The van der Waals surface area contributed by atoms with Gasteiger partial charge in [0.1, 0.15) is 19.1 Å². The van der Waals surface area contributed by atoms with Crippen LogP contribution in [0, 0.1) is 5.92 Å². The van der Waals surface area contributed by atoms with Crippen molar-refractivity contribution >= 4 is 17.5 Å². The number of amides is 2. The van der Waals surface area contributed by atoms with Gasteiger partial charge in [-0.2, -0.15) is 0 Å². The standard InChI is InChI=1S/C21H26N2O5/c24-19(22-13-15-4-8-21(28-15)6-1-7-21)16-5-9-23(20(16)25)14-2-3-17-18(12-14)27-11-10-26-17/h2-3,12,15-16H,1,4-11,13H2,(H,22,24). The van der Waals surface area contributed by atoms with Crippen LogP contribution in [0.5, 0.6) is 11.5 Å². The van der Waals surface area contributed by atoms with E-state index in [9.17, 15) is 9.59 Å². The molecule has 1 aromatic carbocycles. The highest BCUT2D eigenvalue weighted by molar-refractivity contribution is 6.09. The van der Waals surface area contributed by atoms with Crippen molar-refractivity contribution in [3.8, 4) is 11.5 Å². The minimum atomic E-state index is -0.632. The lowest BCUT2D eigenvalue weighted by atomic mass is 9.78. The Morgan fingerprint density at radius 2 is 1.96 bits per heavy atom. The van der Waals surface area contributed by atoms with Crippen molar-refractivity contribution < 1.29 is 23.8 Å². The molecule has 1 aromatic rings. The summed E-state index contributed by atoms with van der Waals surface area (Å²) in [5.41, 5.74) is 0.837. The normalized spacial score (nSPS) is 27.7. The zero-order valence-electron chi connectivity index (χ0n) is 15.9.